The SMILES string of the molecule is CCCCCCCCCC(O)CCCCCCCC(=O)[O-].[Na+]. The number of carbonyl (C=O) groups is 1. The van der Waals surface area contributed by atoms with Crippen molar-refractivity contribution in [1.29, 1.82) is 0 Å². The summed E-state index contributed by atoms with van der Waals surface area (Å²) in [6.45, 7) is 2.24. The molecule has 0 rings (SSSR count). The van der Waals surface area contributed by atoms with Gasteiger partial charge >= 0.3 is 29.6 Å². The van der Waals surface area contributed by atoms with Crippen molar-refractivity contribution in [3.8, 4) is 0 Å². The van der Waals surface area contributed by atoms with Crippen LogP contribution in [0.5, 0.6) is 0 Å². The Labute approximate surface area is 159 Å². The first kappa shape index (κ1) is 24.7. The minimum atomic E-state index is -0.944. The molecule has 0 saturated heterocycles. The maximum Gasteiger partial charge on any atom is 1.00 e. The first-order valence-electron chi connectivity index (χ1n) is 9.04. The van der Waals surface area contributed by atoms with Gasteiger partial charge < -0.3 is 15.0 Å². The zero-order valence-corrected chi connectivity index (χ0v) is 16.9. The van der Waals surface area contributed by atoms with E-state index in [0.717, 1.165) is 51.4 Å². The van der Waals surface area contributed by atoms with Crippen LogP contribution in [0.15, 0.2) is 0 Å². The molecule has 0 bridgehead atoms. The Balaban J connectivity index is 0. The third kappa shape index (κ3) is 20.4. The minimum absolute atomic E-state index is 0. The van der Waals surface area contributed by atoms with Gasteiger partial charge in [0.15, 0.2) is 0 Å². The summed E-state index contributed by atoms with van der Waals surface area (Å²) in [6, 6.07) is 0. The summed E-state index contributed by atoms with van der Waals surface area (Å²) in [4.78, 5) is 10.2. The second-order valence-corrected chi connectivity index (χ2v) is 6.24. The quantitative estimate of drug-likeness (QED) is 0.340. The normalized spacial score (nSPS) is 11.9. The number of carboxylic acids is 1. The summed E-state index contributed by atoms with van der Waals surface area (Å²) in [5.41, 5.74) is 0. The van der Waals surface area contributed by atoms with Crippen LogP contribution in [0, 0.1) is 0 Å². The van der Waals surface area contributed by atoms with E-state index < -0.39 is 5.97 Å². The third-order valence-corrected chi connectivity index (χ3v) is 4.06. The van der Waals surface area contributed by atoms with E-state index in [1.54, 1.807) is 0 Å². The molecule has 1 atom stereocenters. The van der Waals surface area contributed by atoms with Gasteiger partial charge in [-0.2, -0.15) is 0 Å². The van der Waals surface area contributed by atoms with Gasteiger partial charge in [0.05, 0.1) is 6.10 Å². The van der Waals surface area contributed by atoms with Crippen LogP contribution < -0.4 is 34.7 Å². The van der Waals surface area contributed by atoms with Crippen LogP contribution in [0.2, 0.25) is 0 Å². The number of carboxylic acid groups (broad SMARTS) is 1. The van der Waals surface area contributed by atoms with E-state index in [-0.39, 0.29) is 42.1 Å². The topological polar surface area (TPSA) is 60.4 Å². The Bertz CT molecular complexity index is 234. The van der Waals surface area contributed by atoms with E-state index in [9.17, 15) is 15.0 Å². The summed E-state index contributed by atoms with van der Waals surface area (Å²) in [5, 5.41) is 20.1. The molecule has 0 saturated carbocycles. The second-order valence-electron chi connectivity index (χ2n) is 6.24. The Morgan fingerprint density at radius 1 is 0.818 bits per heavy atom. The molecule has 0 amide bonds. The monoisotopic (exact) mass is 322 g/mol. The largest absolute Gasteiger partial charge is 1.00 e. The van der Waals surface area contributed by atoms with Crippen LogP contribution in [0.25, 0.3) is 0 Å². The van der Waals surface area contributed by atoms with Gasteiger partial charge in [-0.05, 0) is 25.7 Å². The summed E-state index contributed by atoms with van der Waals surface area (Å²) < 4.78 is 0. The average molecular weight is 322 g/mol. The molecule has 3 nitrogen and oxygen atoms in total. The molecule has 0 aromatic heterocycles. The molecule has 0 spiro atoms. The first-order chi connectivity index (χ1) is 10.2. The molecule has 0 radical (unpaired) electrons. The predicted molar refractivity (Wildman–Crippen MR) is 85.9 cm³/mol. The fourth-order valence-corrected chi connectivity index (χ4v) is 2.66. The zero-order valence-electron chi connectivity index (χ0n) is 14.9. The third-order valence-electron chi connectivity index (χ3n) is 4.06. The number of rotatable bonds is 16. The fourth-order valence-electron chi connectivity index (χ4n) is 2.66. The van der Waals surface area contributed by atoms with Gasteiger partial charge in [0, 0.05) is 5.97 Å². The fraction of sp³-hybridized carbons (Fsp3) is 0.944. The summed E-state index contributed by atoms with van der Waals surface area (Å²) in [7, 11) is 0. The smallest absolute Gasteiger partial charge is 0.550 e. The van der Waals surface area contributed by atoms with Crippen molar-refractivity contribution in [3.63, 3.8) is 0 Å². The molecular formula is C18H35NaO3. The number of hydrogen-bond donors (Lipinski definition) is 1. The number of carbonyl (C=O) groups excluding carboxylic acids is 1. The van der Waals surface area contributed by atoms with Gasteiger partial charge in [0.25, 0.3) is 0 Å². The molecule has 22 heavy (non-hydrogen) atoms. The molecule has 0 aliphatic heterocycles. The van der Waals surface area contributed by atoms with Crippen molar-refractivity contribution in [2.45, 2.75) is 109 Å². The second kappa shape index (κ2) is 19.5. The molecular weight excluding hydrogens is 287 g/mol. The molecule has 0 aromatic rings. The van der Waals surface area contributed by atoms with Crippen molar-refractivity contribution in [2.75, 3.05) is 0 Å². The molecule has 126 valence electrons. The number of unbranched alkanes of at least 4 members (excludes halogenated alkanes) is 10. The summed E-state index contributed by atoms with van der Waals surface area (Å²) in [5.74, 6) is -0.944. The van der Waals surface area contributed by atoms with E-state index >= 15 is 0 Å². The van der Waals surface area contributed by atoms with Crippen LogP contribution in [-0.2, 0) is 4.79 Å². The van der Waals surface area contributed by atoms with Gasteiger partial charge in [-0.15, -0.1) is 0 Å². The first-order valence-corrected chi connectivity index (χ1v) is 9.04. The maximum atomic E-state index is 10.2. The van der Waals surface area contributed by atoms with Crippen molar-refractivity contribution in [2.24, 2.45) is 0 Å². The van der Waals surface area contributed by atoms with Crippen LogP contribution in [0.1, 0.15) is 103 Å². The van der Waals surface area contributed by atoms with Gasteiger partial charge in [0.1, 0.15) is 0 Å². The molecule has 0 aliphatic rings. The number of hydrogen-bond acceptors (Lipinski definition) is 3. The predicted octanol–water partition coefficient (Wildman–Crippen LogP) is 0.973. The standard InChI is InChI=1S/C18H36O3.Na/c1-2-3-4-5-6-8-11-14-17(19)15-12-9-7-10-13-16-18(20)21;/h17,19H,2-16H2,1H3,(H,20,21);/q;+1/p-1. The van der Waals surface area contributed by atoms with E-state index in [1.165, 1.54) is 38.5 Å². The average Bonchev–Trinajstić information content (AvgIpc) is 2.45. The van der Waals surface area contributed by atoms with Crippen LogP contribution in [-0.4, -0.2) is 17.2 Å². The van der Waals surface area contributed by atoms with E-state index in [0.29, 0.717) is 0 Å². The molecule has 1 unspecified atom stereocenters. The molecule has 0 fully saturated rings. The van der Waals surface area contributed by atoms with Crippen molar-refractivity contribution >= 4 is 5.97 Å². The number of aliphatic hydroxyl groups excluding tert-OH is 1. The van der Waals surface area contributed by atoms with Crippen molar-refractivity contribution < 1.29 is 44.6 Å². The van der Waals surface area contributed by atoms with Gasteiger partial charge in [0.2, 0.25) is 0 Å². The van der Waals surface area contributed by atoms with Crippen molar-refractivity contribution in [1.82, 2.24) is 0 Å². The van der Waals surface area contributed by atoms with E-state index in [4.69, 9.17) is 0 Å². The molecule has 1 N–H and O–H groups in total. The molecule has 0 aliphatic carbocycles. The van der Waals surface area contributed by atoms with Gasteiger partial charge in [-0.1, -0.05) is 77.6 Å². The minimum Gasteiger partial charge on any atom is -0.550 e. The Morgan fingerprint density at radius 3 is 1.68 bits per heavy atom. The van der Waals surface area contributed by atoms with Crippen LogP contribution in [0.3, 0.4) is 0 Å². The van der Waals surface area contributed by atoms with E-state index in [2.05, 4.69) is 6.92 Å². The van der Waals surface area contributed by atoms with Crippen LogP contribution >= 0.6 is 0 Å². The van der Waals surface area contributed by atoms with Gasteiger partial charge in [-0.25, -0.2) is 0 Å². The van der Waals surface area contributed by atoms with E-state index in [1.807, 2.05) is 0 Å². The summed E-state index contributed by atoms with van der Waals surface area (Å²) >= 11 is 0. The number of aliphatic carboxylic acids is 1. The van der Waals surface area contributed by atoms with Crippen LogP contribution in [0.4, 0.5) is 0 Å². The van der Waals surface area contributed by atoms with Crippen molar-refractivity contribution in [3.05, 3.63) is 0 Å². The molecule has 0 heterocycles. The Morgan fingerprint density at radius 2 is 1.23 bits per heavy atom. The van der Waals surface area contributed by atoms with Gasteiger partial charge in [-0.3, -0.25) is 0 Å². The number of aliphatic hydroxyl groups is 1. The molecule has 0 aromatic carbocycles. The Hall–Kier alpha value is 0.430. The maximum absolute atomic E-state index is 10.2. The summed E-state index contributed by atoms with van der Waals surface area (Å²) in [6.07, 6.45) is 15.9. The molecule has 4 heteroatoms. The Kier molecular flexibility index (Phi) is 21.8. The zero-order chi connectivity index (χ0) is 15.8.